The predicted octanol–water partition coefficient (Wildman–Crippen LogP) is 6.16. The van der Waals surface area contributed by atoms with Crippen molar-refractivity contribution in [2.75, 3.05) is 6.16 Å². The van der Waals surface area contributed by atoms with E-state index in [0.29, 0.717) is 0 Å². The standard InChI is InChI=1S/C7H6.C6H14Cl3P.Ru/c1-7-5-3-2-4-6-7;1-2-3-4-5-6-10(7,8)9;/h1-6H;10H,2-6H2,1H3;. The van der Waals surface area contributed by atoms with Gasteiger partial charge in [0.15, 0.2) is 0 Å². The van der Waals surface area contributed by atoms with Crippen molar-refractivity contribution in [2.45, 2.75) is 32.6 Å². The average molecular weight is 415 g/mol. The molecule has 0 N–H and O–H groups in total. The summed E-state index contributed by atoms with van der Waals surface area (Å²) in [6.45, 7) is 2.17. The first kappa shape index (κ1) is 19.0. The van der Waals surface area contributed by atoms with Gasteiger partial charge in [0.1, 0.15) is 0 Å². The quantitative estimate of drug-likeness (QED) is 0.297. The van der Waals surface area contributed by atoms with E-state index >= 15 is 0 Å². The summed E-state index contributed by atoms with van der Waals surface area (Å²) in [5.74, 6) is 0. The van der Waals surface area contributed by atoms with Crippen molar-refractivity contribution < 1.29 is 17.9 Å². The van der Waals surface area contributed by atoms with Crippen LogP contribution >= 0.6 is 39.0 Å². The first-order valence-corrected chi connectivity index (χ1v) is 12.3. The summed E-state index contributed by atoms with van der Waals surface area (Å²) < 4.78 is 2.01. The van der Waals surface area contributed by atoms with E-state index in [1.807, 2.05) is 22.8 Å². The molecule has 1 aromatic rings. The number of hydrogen-bond donors (Lipinski definition) is 0. The molecule has 0 spiro atoms. The molecular weight excluding hydrogens is 395 g/mol. The van der Waals surface area contributed by atoms with Gasteiger partial charge >= 0.3 is 136 Å². The van der Waals surface area contributed by atoms with Gasteiger partial charge in [-0.3, -0.25) is 0 Å². The molecule has 0 nitrogen and oxygen atoms in total. The summed E-state index contributed by atoms with van der Waals surface area (Å²) in [7, 11) is 0. The molecule has 0 fully saturated rings. The molecule has 0 heterocycles. The minimum absolute atomic E-state index is 0.817. The second kappa shape index (κ2) is 11.8. The predicted molar refractivity (Wildman–Crippen MR) is 86.5 cm³/mol. The van der Waals surface area contributed by atoms with Gasteiger partial charge in [0.05, 0.1) is 0 Å². The Bertz CT molecular complexity index is 312. The number of hydrogen-bond acceptors (Lipinski definition) is 0. The van der Waals surface area contributed by atoms with Gasteiger partial charge in [0, 0.05) is 0 Å². The zero-order valence-electron chi connectivity index (χ0n) is 10.5. The Labute approximate surface area is 135 Å². The summed E-state index contributed by atoms with van der Waals surface area (Å²) in [6.07, 6.45) is 5.60. The zero-order valence-corrected chi connectivity index (χ0v) is 15.5. The van der Waals surface area contributed by atoms with Crippen LogP contribution in [0.25, 0.3) is 0 Å². The first-order valence-electron chi connectivity index (χ1n) is 6.03. The SMILES string of the molecule is CCCCCC[PH](Cl)(Cl)Cl.[Ru]=[CH]c1ccccc1. The van der Waals surface area contributed by atoms with Crippen LogP contribution in [0.5, 0.6) is 0 Å². The average Bonchev–Trinajstić information content (AvgIpc) is 2.35. The molecule has 0 aliphatic heterocycles. The van der Waals surface area contributed by atoms with E-state index in [-0.39, 0.29) is 0 Å². The van der Waals surface area contributed by atoms with E-state index in [0.717, 1.165) is 12.6 Å². The van der Waals surface area contributed by atoms with Crippen LogP contribution < -0.4 is 0 Å². The summed E-state index contributed by atoms with van der Waals surface area (Å²) in [5, 5.41) is -2.29. The van der Waals surface area contributed by atoms with Crippen LogP contribution in [0, 0.1) is 0 Å². The Morgan fingerprint density at radius 3 is 2.06 bits per heavy atom. The number of rotatable bonds is 6. The van der Waals surface area contributed by atoms with E-state index in [1.54, 1.807) is 0 Å². The fraction of sp³-hybridized carbons (Fsp3) is 0.462. The maximum absolute atomic E-state index is 5.68. The Morgan fingerprint density at radius 1 is 1.06 bits per heavy atom. The first-order chi connectivity index (χ1) is 8.49. The molecule has 0 amide bonds. The van der Waals surface area contributed by atoms with E-state index < -0.39 is 5.32 Å². The Morgan fingerprint density at radius 2 is 1.67 bits per heavy atom. The molecule has 0 atom stereocenters. The molecule has 0 saturated heterocycles. The molecule has 106 valence electrons. The van der Waals surface area contributed by atoms with E-state index in [9.17, 15) is 0 Å². The Kier molecular flexibility index (Phi) is 12.5. The van der Waals surface area contributed by atoms with Gasteiger partial charge in [-0.1, -0.05) is 0 Å². The van der Waals surface area contributed by atoms with Crippen molar-refractivity contribution in [3.8, 4) is 0 Å². The van der Waals surface area contributed by atoms with Gasteiger partial charge in [-0.25, -0.2) is 0 Å². The fourth-order valence-electron chi connectivity index (χ4n) is 1.27. The second-order valence-electron chi connectivity index (χ2n) is 3.94. The molecule has 18 heavy (non-hydrogen) atoms. The summed E-state index contributed by atoms with van der Waals surface area (Å²) in [6, 6.07) is 10.2. The van der Waals surface area contributed by atoms with Gasteiger partial charge in [0.25, 0.3) is 0 Å². The van der Waals surface area contributed by atoms with E-state index in [4.69, 9.17) is 33.7 Å². The third-order valence-electron chi connectivity index (χ3n) is 2.23. The molecule has 0 aliphatic carbocycles. The molecular formula is C13H20Cl3PRu. The monoisotopic (exact) mass is 414 g/mol. The van der Waals surface area contributed by atoms with E-state index in [1.165, 1.54) is 24.8 Å². The third-order valence-corrected chi connectivity index (χ3v) is 5.43. The van der Waals surface area contributed by atoms with Crippen molar-refractivity contribution in [1.82, 2.24) is 0 Å². The molecule has 0 saturated carbocycles. The fourth-order valence-corrected chi connectivity index (χ4v) is 3.46. The number of benzene rings is 1. The normalized spacial score (nSPS) is 11.4. The molecule has 1 aromatic carbocycles. The zero-order chi connectivity index (χ0) is 13.9. The molecule has 0 bridgehead atoms. The van der Waals surface area contributed by atoms with Gasteiger partial charge in [-0.05, 0) is 0 Å². The molecule has 0 aromatic heterocycles. The van der Waals surface area contributed by atoms with Gasteiger partial charge in [-0.2, -0.15) is 0 Å². The molecule has 1 rings (SSSR count). The molecule has 5 heteroatoms. The van der Waals surface area contributed by atoms with Crippen LogP contribution in [0.3, 0.4) is 0 Å². The van der Waals surface area contributed by atoms with Crippen molar-refractivity contribution in [3.63, 3.8) is 0 Å². The summed E-state index contributed by atoms with van der Waals surface area (Å²) >= 11 is 19.5. The molecule has 0 aliphatic rings. The van der Waals surface area contributed by atoms with Crippen molar-refractivity contribution in [1.29, 1.82) is 0 Å². The minimum atomic E-state index is -2.29. The van der Waals surface area contributed by atoms with Crippen molar-refractivity contribution >= 4 is 43.7 Å². The van der Waals surface area contributed by atoms with Crippen LogP contribution in [-0.2, 0) is 17.9 Å². The van der Waals surface area contributed by atoms with Gasteiger partial charge in [-0.15, -0.1) is 0 Å². The number of unbranched alkanes of at least 4 members (excludes halogenated alkanes) is 3. The van der Waals surface area contributed by atoms with Gasteiger partial charge in [0.2, 0.25) is 0 Å². The van der Waals surface area contributed by atoms with Gasteiger partial charge < -0.3 is 0 Å². The van der Waals surface area contributed by atoms with Crippen LogP contribution in [0.4, 0.5) is 0 Å². The number of halogens is 3. The van der Waals surface area contributed by atoms with Crippen molar-refractivity contribution in [3.05, 3.63) is 35.9 Å². The summed E-state index contributed by atoms with van der Waals surface area (Å²) in [4.78, 5) is 0. The van der Waals surface area contributed by atoms with Crippen molar-refractivity contribution in [2.24, 2.45) is 0 Å². The second-order valence-corrected chi connectivity index (χ2v) is 13.7. The topological polar surface area (TPSA) is 0 Å². The molecule has 0 radical (unpaired) electrons. The van der Waals surface area contributed by atoms with Crippen LogP contribution in [0.15, 0.2) is 30.3 Å². The Balaban J connectivity index is 0.000000327. The maximum atomic E-state index is 5.68. The Hall–Kier alpha value is 1.01. The van der Waals surface area contributed by atoms with Crippen LogP contribution in [-0.4, -0.2) is 10.8 Å². The molecule has 0 unspecified atom stereocenters. The van der Waals surface area contributed by atoms with Crippen LogP contribution in [0.2, 0.25) is 0 Å². The third kappa shape index (κ3) is 13.4. The summed E-state index contributed by atoms with van der Waals surface area (Å²) in [5.41, 5.74) is 1.25. The van der Waals surface area contributed by atoms with Crippen LogP contribution in [0.1, 0.15) is 38.2 Å². The van der Waals surface area contributed by atoms with E-state index in [2.05, 4.69) is 36.9 Å².